The van der Waals surface area contributed by atoms with E-state index >= 15 is 0 Å². The topological polar surface area (TPSA) is 64.3 Å². The average Bonchev–Trinajstić information content (AvgIpc) is 3.11. The Hall–Kier alpha value is -3.74. The molecule has 3 aromatic carbocycles. The number of esters is 1. The number of phenols is 1. The van der Waals surface area contributed by atoms with Gasteiger partial charge in [0, 0.05) is 0 Å². The standard InChI is InChI=1S/C22H16F2N2O3/c23-22(24)26-19-4-2-1-3-18(19)25-20(26)13-29-21(28)16-7-5-14(6-8-16)15-9-11-17(27)12-10-15/h1-12,22,27H,13H2. The third-order valence-corrected chi connectivity index (χ3v) is 4.52. The number of para-hydroxylation sites is 2. The van der Waals surface area contributed by atoms with Crippen molar-refractivity contribution >= 4 is 17.0 Å². The first kappa shape index (κ1) is 18.6. The van der Waals surface area contributed by atoms with Crippen LogP contribution in [0.3, 0.4) is 0 Å². The summed E-state index contributed by atoms with van der Waals surface area (Å²) in [4.78, 5) is 16.5. The number of imidazole rings is 1. The Labute approximate surface area is 164 Å². The highest BCUT2D eigenvalue weighted by molar-refractivity contribution is 5.90. The molecular formula is C22H16F2N2O3. The molecule has 0 saturated heterocycles. The first-order chi connectivity index (χ1) is 14.0. The number of carbonyl (C=O) groups excluding carboxylic acids is 1. The fourth-order valence-electron chi connectivity index (χ4n) is 3.08. The molecule has 0 unspecified atom stereocenters. The summed E-state index contributed by atoms with van der Waals surface area (Å²) < 4.78 is 32.8. The predicted octanol–water partition coefficient (Wildman–Crippen LogP) is 5.16. The maximum atomic E-state index is 13.4. The lowest BCUT2D eigenvalue weighted by Gasteiger charge is -2.09. The Morgan fingerprint density at radius 3 is 2.24 bits per heavy atom. The highest BCUT2D eigenvalue weighted by atomic mass is 19.3. The number of phenolic OH excluding ortho intramolecular Hbond substituents is 1. The van der Waals surface area contributed by atoms with Crippen molar-refractivity contribution in [3.8, 4) is 16.9 Å². The number of alkyl halides is 2. The second-order valence-corrected chi connectivity index (χ2v) is 6.36. The number of hydrogen-bond donors (Lipinski definition) is 1. The van der Waals surface area contributed by atoms with Crippen LogP contribution in [0, 0.1) is 0 Å². The number of carbonyl (C=O) groups is 1. The van der Waals surface area contributed by atoms with Gasteiger partial charge in [0.2, 0.25) is 0 Å². The number of ether oxygens (including phenoxy) is 1. The second kappa shape index (κ2) is 7.71. The first-order valence-electron chi connectivity index (χ1n) is 8.83. The average molecular weight is 394 g/mol. The number of halogens is 2. The lowest BCUT2D eigenvalue weighted by atomic mass is 10.0. The second-order valence-electron chi connectivity index (χ2n) is 6.36. The van der Waals surface area contributed by atoms with Crippen LogP contribution < -0.4 is 0 Å². The minimum Gasteiger partial charge on any atom is -0.508 e. The molecule has 7 heteroatoms. The van der Waals surface area contributed by atoms with E-state index in [1.54, 1.807) is 72.8 Å². The molecule has 0 fully saturated rings. The monoisotopic (exact) mass is 394 g/mol. The SMILES string of the molecule is O=C(OCc1nc2ccccc2n1C(F)F)c1ccc(-c2ccc(O)cc2)cc1. The molecule has 0 aliphatic rings. The van der Waals surface area contributed by atoms with Crippen LogP contribution in [-0.2, 0) is 11.3 Å². The summed E-state index contributed by atoms with van der Waals surface area (Å²) in [5, 5.41) is 9.36. The quantitative estimate of drug-likeness (QED) is 0.475. The van der Waals surface area contributed by atoms with Crippen molar-refractivity contribution in [2.45, 2.75) is 13.2 Å². The fourth-order valence-corrected chi connectivity index (χ4v) is 3.08. The van der Waals surface area contributed by atoms with Crippen molar-refractivity contribution in [1.29, 1.82) is 0 Å². The van der Waals surface area contributed by atoms with Crippen LogP contribution in [0.25, 0.3) is 22.2 Å². The highest BCUT2D eigenvalue weighted by Gasteiger charge is 2.19. The summed E-state index contributed by atoms with van der Waals surface area (Å²) >= 11 is 0. The summed E-state index contributed by atoms with van der Waals surface area (Å²) in [7, 11) is 0. The Kier molecular flexibility index (Phi) is 4.95. The molecule has 0 bridgehead atoms. The number of hydrogen-bond acceptors (Lipinski definition) is 4. The number of rotatable bonds is 5. The first-order valence-corrected chi connectivity index (χ1v) is 8.83. The molecule has 0 aliphatic heterocycles. The number of aromatic hydroxyl groups is 1. The summed E-state index contributed by atoms with van der Waals surface area (Å²) in [5.41, 5.74) is 2.74. The number of nitrogens with zero attached hydrogens (tertiary/aromatic N) is 2. The van der Waals surface area contributed by atoms with Crippen LogP contribution in [0.15, 0.2) is 72.8 Å². The van der Waals surface area contributed by atoms with Crippen LogP contribution in [0.5, 0.6) is 5.75 Å². The van der Waals surface area contributed by atoms with E-state index in [0.29, 0.717) is 11.1 Å². The van der Waals surface area contributed by atoms with Crippen molar-refractivity contribution in [1.82, 2.24) is 9.55 Å². The van der Waals surface area contributed by atoms with Crippen molar-refractivity contribution < 1.29 is 23.4 Å². The van der Waals surface area contributed by atoms with Crippen LogP contribution in [0.2, 0.25) is 0 Å². The Morgan fingerprint density at radius 1 is 0.966 bits per heavy atom. The van der Waals surface area contributed by atoms with Gasteiger partial charge in [-0.2, -0.15) is 8.78 Å². The third-order valence-electron chi connectivity index (χ3n) is 4.52. The summed E-state index contributed by atoms with van der Waals surface area (Å²) in [6, 6.07) is 19.9. The van der Waals surface area contributed by atoms with E-state index in [2.05, 4.69) is 4.98 Å². The van der Waals surface area contributed by atoms with Crippen molar-refractivity contribution in [2.75, 3.05) is 0 Å². The molecule has 0 atom stereocenters. The molecule has 1 aromatic heterocycles. The molecule has 4 rings (SSSR count). The van der Waals surface area contributed by atoms with Crippen LogP contribution in [0.1, 0.15) is 22.7 Å². The van der Waals surface area contributed by atoms with E-state index < -0.39 is 12.5 Å². The van der Waals surface area contributed by atoms with E-state index in [4.69, 9.17) is 4.74 Å². The molecule has 0 saturated carbocycles. The highest BCUT2D eigenvalue weighted by Crippen LogP contribution is 2.25. The van der Waals surface area contributed by atoms with E-state index in [1.165, 1.54) is 0 Å². The Morgan fingerprint density at radius 2 is 1.59 bits per heavy atom. The molecule has 1 heterocycles. The van der Waals surface area contributed by atoms with Gasteiger partial charge in [-0.15, -0.1) is 0 Å². The molecule has 0 amide bonds. The smallest absolute Gasteiger partial charge is 0.338 e. The van der Waals surface area contributed by atoms with Gasteiger partial charge < -0.3 is 9.84 Å². The lowest BCUT2D eigenvalue weighted by molar-refractivity contribution is 0.0387. The van der Waals surface area contributed by atoms with E-state index in [0.717, 1.165) is 15.7 Å². The zero-order valence-electron chi connectivity index (χ0n) is 15.1. The Bertz CT molecular complexity index is 1150. The van der Waals surface area contributed by atoms with E-state index in [1.807, 2.05) is 0 Å². The van der Waals surface area contributed by atoms with Crippen molar-refractivity contribution in [3.05, 3.63) is 84.2 Å². The number of aromatic nitrogens is 2. The molecule has 5 nitrogen and oxygen atoms in total. The third kappa shape index (κ3) is 3.80. The van der Waals surface area contributed by atoms with Gasteiger partial charge in [-0.1, -0.05) is 36.4 Å². The number of fused-ring (bicyclic) bond motifs is 1. The molecule has 1 N–H and O–H groups in total. The van der Waals surface area contributed by atoms with Crippen molar-refractivity contribution in [2.24, 2.45) is 0 Å². The molecule has 0 spiro atoms. The van der Waals surface area contributed by atoms with Crippen LogP contribution >= 0.6 is 0 Å². The predicted molar refractivity (Wildman–Crippen MR) is 104 cm³/mol. The minimum absolute atomic E-state index is 0.0183. The Balaban J connectivity index is 1.49. The molecule has 29 heavy (non-hydrogen) atoms. The summed E-state index contributed by atoms with van der Waals surface area (Å²) in [5.74, 6) is -0.478. The van der Waals surface area contributed by atoms with Gasteiger partial charge in [0.1, 0.15) is 12.4 Å². The van der Waals surface area contributed by atoms with E-state index in [9.17, 15) is 18.7 Å². The maximum Gasteiger partial charge on any atom is 0.338 e. The van der Waals surface area contributed by atoms with Gasteiger partial charge in [-0.05, 0) is 47.5 Å². The van der Waals surface area contributed by atoms with Gasteiger partial charge in [-0.3, -0.25) is 4.57 Å². The zero-order valence-corrected chi connectivity index (χ0v) is 15.1. The molecular weight excluding hydrogens is 378 g/mol. The van der Waals surface area contributed by atoms with Crippen LogP contribution in [-0.4, -0.2) is 20.6 Å². The maximum absolute atomic E-state index is 13.4. The van der Waals surface area contributed by atoms with Gasteiger partial charge in [0.15, 0.2) is 5.82 Å². The van der Waals surface area contributed by atoms with Crippen LogP contribution in [0.4, 0.5) is 8.78 Å². The molecule has 0 radical (unpaired) electrons. The fraction of sp³-hybridized carbons (Fsp3) is 0.0909. The van der Waals surface area contributed by atoms with E-state index in [-0.39, 0.29) is 23.7 Å². The molecule has 146 valence electrons. The summed E-state index contributed by atoms with van der Waals surface area (Å²) in [6.07, 6.45) is 0. The van der Waals surface area contributed by atoms with Gasteiger partial charge >= 0.3 is 12.5 Å². The molecule has 0 aliphatic carbocycles. The minimum atomic E-state index is -2.79. The zero-order chi connectivity index (χ0) is 20.4. The lowest BCUT2D eigenvalue weighted by Crippen LogP contribution is -2.10. The van der Waals surface area contributed by atoms with Crippen molar-refractivity contribution in [3.63, 3.8) is 0 Å². The summed E-state index contributed by atoms with van der Waals surface area (Å²) in [6.45, 7) is -3.15. The largest absolute Gasteiger partial charge is 0.508 e. The normalized spacial score (nSPS) is 11.1. The number of benzene rings is 3. The van der Waals surface area contributed by atoms with Gasteiger partial charge in [0.05, 0.1) is 16.6 Å². The van der Waals surface area contributed by atoms with Gasteiger partial charge in [0.25, 0.3) is 0 Å². The van der Waals surface area contributed by atoms with Gasteiger partial charge in [-0.25, -0.2) is 9.78 Å². The molecule has 4 aromatic rings.